The molecular weight excluding hydrogens is 172 g/mol. The Bertz CT molecular complexity index is 230. The lowest BCUT2D eigenvalue weighted by molar-refractivity contribution is 0.195. The maximum absolute atomic E-state index is 9.22. The topological polar surface area (TPSA) is 20.2 Å². The third-order valence-corrected chi connectivity index (χ3v) is 2.20. The summed E-state index contributed by atoms with van der Waals surface area (Å²) in [7, 11) is 0. The van der Waals surface area contributed by atoms with Crippen molar-refractivity contribution in [3.05, 3.63) is 35.4 Å². The quantitative estimate of drug-likeness (QED) is 0.777. The van der Waals surface area contributed by atoms with Crippen molar-refractivity contribution in [1.29, 1.82) is 0 Å². The van der Waals surface area contributed by atoms with Crippen LogP contribution in [0, 0.1) is 5.92 Å². The first-order valence-corrected chi connectivity index (χ1v) is 5.34. The Hall–Kier alpha value is -0.820. The smallest absolute Gasteiger partial charge is 0.0552 e. The van der Waals surface area contributed by atoms with Crippen LogP contribution in [0.25, 0.3) is 0 Å². The molecule has 1 rings (SSSR count). The fourth-order valence-corrected chi connectivity index (χ4v) is 1.62. The number of hydrogen-bond acceptors (Lipinski definition) is 1. The van der Waals surface area contributed by atoms with Gasteiger partial charge in [0.2, 0.25) is 0 Å². The minimum atomic E-state index is -0.244. The lowest BCUT2D eigenvalue weighted by Gasteiger charge is -2.07. The van der Waals surface area contributed by atoms with E-state index in [4.69, 9.17) is 0 Å². The summed E-state index contributed by atoms with van der Waals surface area (Å²) in [5.74, 6) is 0.706. The molecule has 0 saturated heterocycles. The zero-order valence-electron chi connectivity index (χ0n) is 9.33. The summed E-state index contributed by atoms with van der Waals surface area (Å²) in [6.07, 6.45) is 1.64. The van der Waals surface area contributed by atoms with E-state index in [2.05, 4.69) is 38.1 Å². The van der Waals surface area contributed by atoms with Crippen LogP contribution in [0.3, 0.4) is 0 Å². The SMILES string of the molecule is CC(C)Cc1ccc(C[C@@H](C)O)cc1. The Labute approximate surface area is 86.8 Å². The standard InChI is InChI=1S/C13H20O/c1-10(2)8-12-4-6-13(7-5-12)9-11(3)14/h4-7,10-11,14H,8-9H2,1-3H3/t11-/m1/s1. The van der Waals surface area contributed by atoms with Crippen LogP contribution in [-0.4, -0.2) is 11.2 Å². The maximum atomic E-state index is 9.22. The molecule has 0 radical (unpaired) electrons. The maximum Gasteiger partial charge on any atom is 0.0552 e. The average molecular weight is 192 g/mol. The number of rotatable bonds is 4. The highest BCUT2D eigenvalue weighted by Gasteiger charge is 2.00. The molecule has 0 aromatic heterocycles. The minimum absolute atomic E-state index is 0.244. The third-order valence-electron chi connectivity index (χ3n) is 2.20. The van der Waals surface area contributed by atoms with Crippen molar-refractivity contribution in [2.24, 2.45) is 5.92 Å². The van der Waals surface area contributed by atoms with E-state index in [0.29, 0.717) is 5.92 Å². The molecule has 1 N–H and O–H groups in total. The molecule has 1 atom stereocenters. The summed E-state index contributed by atoms with van der Waals surface area (Å²) in [4.78, 5) is 0. The molecule has 1 aromatic carbocycles. The van der Waals surface area contributed by atoms with E-state index in [0.717, 1.165) is 12.8 Å². The van der Waals surface area contributed by atoms with Gasteiger partial charge in [0.1, 0.15) is 0 Å². The van der Waals surface area contributed by atoms with Crippen LogP contribution in [0.5, 0.6) is 0 Å². The van der Waals surface area contributed by atoms with Gasteiger partial charge in [0.15, 0.2) is 0 Å². The summed E-state index contributed by atoms with van der Waals surface area (Å²) in [5.41, 5.74) is 2.60. The molecule has 0 heterocycles. The Morgan fingerprint density at radius 2 is 1.36 bits per heavy atom. The van der Waals surface area contributed by atoms with Crippen LogP contribution in [0.15, 0.2) is 24.3 Å². The lowest BCUT2D eigenvalue weighted by Crippen LogP contribution is -2.04. The van der Waals surface area contributed by atoms with Crippen LogP contribution >= 0.6 is 0 Å². The van der Waals surface area contributed by atoms with Crippen LogP contribution in [0.1, 0.15) is 31.9 Å². The van der Waals surface area contributed by atoms with Crippen molar-refractivity contribution in [1.82, 2.24) is 0 Å². The van der Waals surface area contributed by atoms with Crippen LogP contribution in [0.4, 0.5) is 0 Å². The van der Waals surface area contributed by atoms with Gasteiger partial charge in [-0.1, -0.05) is 38.1 Å². The van der Waals surface area contributed by atoms with E-state index in [1.165, 1.54) is 11.1 Å². The lowest BCUT2D eigenvalue weighted by atomic mass is 10.0. The van der Waals surface area contributed by atoms with E-state index in [1.54, 1.807) is 0 Å². The molecule has 0 saturated carbocycles. The highest BCUT2D eigenvalue weighted by atomic mass is 16.3. The van der Waals surface area contributed by atoms with Crippen molar-refractivity contribution >= 4 is 0 Å². The van der Waals surface area contributed by atoms with Gasteiger partial charge in [0.25, 0.3) is 0 Å². The first-order valence-electron chi connectivity index (χ1n) is 5.34. The molecule has 0 unspecified atom stereocenters. The number of benzene rings is 1. The molecule has 14 heavy (non-hydrogen) atoms. The van der Waals surface area contributed by atoms with Gasteiger partial charge in [-0.3, -0.25) is 0 Å². The van der Waals surface area contributed by atoms with Gasteiger partial charge >= 0.3 is 0 Å². The zero-order valence-corrected chi connectivity index (χ0v) is 9.33. The van der Waals surface area contributed by atoms with Gasteiger partial charge in [-0.25, -0.2) is 0 Å². The van der Waals surface area contributed by atoms with Gasteiger partial charge in [-0.2, -0.15) is 0 Å². The Kier molecular flexibility index (Phi) is 4.15. The van der Waals surface area contributed by atoms with Crippen molar-refractivity contribution in [3.63, 3.8) is 0 Å². The summed E-state index contributed by atoms with van der Waals surface area (Å²) < 4.78 is 0. The second-order valence-electron chi connectivity index (χ2n) is 4.47. The normalized spacial score (nSPS) is 13.2. The second kappa shape index (κ2) is 5.16. The molecule has 0 bridgehead atoms. The largest absolute Gasteiger partial charge is 0.393 e. The van der Waals surface area contributed by atoms with E-state index < -0.39 is 0 Å². The monoisotopic (exact) mass is 192 g/mol. The molecule has 0 aliphatic carbocycles. The predicted octanol–water partition coefficient (Wildman–Crippen LogP) is 2.81. The van der Waals surface area contributed by atoms with Gasteiger partial charge in [-0.05, 0) is 36.8 Å². The van der Waals surface area contributed by atoms with Gasteiger partial charge in [0, 0.05) is 0 Å². The van der Waals surface area contributed by atoms with E-state index >= 15 is 0 Å². The van der Waals surface area contributed by atoms with Crippen LogP contribution in [0.2, 0.25) is 0 Å². The summed E-state index contributed by atoms with van der Waals surface area (Å²) in [5, 5.41) is 9.22. The molecule has 0 aliphatic rings. The number of aliphatic hydroxyl groups is 1. The van der Waals surface area contributed by atoms with Crippen LogP contribution in [-0.2, 0) is 12.8 Å². The summed E-state index contributed by atoms with van der Waals surface area (Å²) in [6, 6.07) is 8.56. The average Bonchev–Trinajstić information content (AvgIpc) is 2.06. The number of hydrogen-bond donors (Lipinski definition) is 1. The highest BCUT2D eigenvalue weighted by Crippen LogP contribution is 2.10. The first-order chi connectivity index (χ1) is 6.58. The van der Waals surface area contributed by atoms with E-state index in [1.807, 2.05) is 6.92 Å². The molecule has 78 valence electrons. The van der Waals surface area contributed by atoms with Crippen molar-refractivity contribution in [3.8, 4) is 0 Å². The van der Waals surface area contributed by atoms with Crippen molar-refractivity contribution in [2.45, 2.75) is 39.7 Å². The second-order valence-corrected chi connectivity index (χ2v) is 4.47. The number of aliphatic hydroxyl groups excluding tert-OH is 1. The Balaban J connectivity index is 2.59. The Morgan fingerprint density at radius 3 is 1.71 bits per heavy atom. The fraction of sp³-hybridized carbons (Fsp3) is 0.538. The Morgan fingerprint density at radius 1 is 0.929 bits per heavy atom. The van der Waals surface area contributed by atoms with Crippen molar-refractivity contribution in [2.75, 3.05) is 0 Å². The minimum Gasteiger partial charge on any atom is -0.393 e. The molecule has 1 nitrogen and oxygen atoms in total. The summed E-state index contributed by atoms with van der Waals surface area (Å²) >= 11 is 0. The summed E-state index contributed by atoms with van der Waals surface area (Å²) in [6.45, 7) is 6.27. The van der Waals surface area contributed by atoms with Gasteiger partial charge < -0.3 is 5.11 Å². The predicted molar refractivity (Wildman–Crippen MR) is 60.4 cm³/mol. The van der Waals surface area contributed by atoms with Gasteiger partial charge in [0.05, 0.1) is 6.10 Å². The molecule has 0 fully saturated rings. The molecule has 0 spiro atoms. The molecule has 1 heteroatoms. The van der Waals surface area contributed by atoms with Crippen LogP contribution < -0.4 is 0 Å². The molecule has 0 aliphatic heterocycles. The fourth-order valence-electron chi connectivity index (χ4n) is 1.62. The zero-order chi connectivity index (χ0) is 10.6. The molecule has 1 aromatic rings. The third kappa shape index (κ3) is 3.93. The molecule has 0 amide bonds. The van der Waals surface area contributed by atoms with Gasteiger partial charge in [-0.15, -0.1) is 0 Å². The highest BCUT2D eigenvalue weighted by molar-refractivity contribution is 5.23. The first kappa shape index (κ1) is 11.3. The molecular formula is C13H20O. The van der Waals surface area contributed by atoms with E-state index in [-0.39, 0.29) is 6.10 Å². The van der Waals surface area contributed by atoms with E-state index in [9.17, 15) is 5.11 Å². The van der Waals surface area contributed by atoms with Crippen molar-refractivity contribution < 1.29 is 5.11 Å².